The third-order valence-corrected chi connectivity index (χ3v) is 4.45. The first-order valence-electron chi connectivity index (χ1n) is 9.34. The Morgan fingerprint density at radius 3 is 2.55 bits per heavy atom. The highest BCUT2D eigenvalue weighted by Gasteiger charge is 2.12. The Morgan fingerprint density at radius 2 is 1.83 bits per heavy atom. The molecule has 29 heavy (non-hydrogen) atoms. The van der Waals surface area contributed by atoms with Gasteiger partial charge in [0, 0.05) is 36.2 Å². The number of esters is 1. The maximum absolute atomic E-state index is 12.5. The molecule has 0 saturated heterocycles. The fraction of sp³-hybridized carbons (Fsp3) is 0.227. The number of aromatic nitrogens is 1. The molecule has 0 aliphatic rings. The van der Waals surface area contributed by atoms with Crippen molar-refractivity contribution in [3.63, 3.8) is 0 Å². The van der Waals surface area contributed by atoms with Crippen molar-refractivity contribution in [1.82, 2.24) is 9.88 Å². The number of anilines is 1. The third kappa shape index (κ3) is 5.22. The second-order valence-corrected chi connectivity index (χ2v) is 6.67. The Labute approximate surface area is 168 Å². The van der Waals surface area contributed by atoms with E-state index in [2.05, 4.69) is 10.3 Å². The van der Waals surface area contributed by atoms with Gasteiger partial charge in [-0.05, 0) is 36.2 Å². The monoisotopic (exact) mass is 393 g/mol. The van der Waals surface area contributed by atoms with E-state index in [1.807, 2.05) is 24.3 Å². The van der Waals surface area contributed by atoms with Crippen LogP contribution >= 0.6 is 0 Å². The Morgan fingerprint density at radius 1 is 1.10 bits per heavy atom. The van der Waals surface area contributed by atoms with Crippen LogP contribution in [-0.4, -0.2) is 35.5 Å². The van der Waals surface area contributed by atoms with Crippen LogP contribution in [0, 0.1) is 0 Å². The van der Waals surface area contributed by atoms with Crippen LogP contribution in [0.1, 0.15) is 18.1 Å². The van der Waals surface area contributed by atoms with E-state index in [1.54, 1.807) is 38.2 Å². The van der Waals surface area contributed by atoms with Crippen molar-refractivity contribution in [3.05, 3.63) is 76.1 Å². The van der Waals surface area contributed by atoms with Crippen molar-refractivity contribution in [2.45, 2.75) is 19.9 Å². The summed E-state index contributed by atoms with van der Waals surface area (Å²) < 4.78 is 4.93. The lowest BCUT2D eigenvalue weighted by Crippen LogP contribution is -2.31. The maximum atomic E-state index is 12.5. The summed E-state index contributed by atoms with van der Waals surface area (Å²) in [6, 6.07) is 15.7. The van der Waals surface area contributed by atoms with Gasteiger partial charge < -0.3 is 19.9 Å². The van der Waals surface area contributed by atoms with Gasteiger partial charge in [0.1, 0.15) is 0 Å². The lowest BCUT2D eigenvalue weighted by Gasteiger charge is -2.19. The Balaban J connectivity index is 1.65. The number of carbonyl (C=O) groups is 2. The molecule has 1 aromatic heterocycles. The Hall–Kier alpha value is -3.61. The average molecular weight is 393 g/mol. The number of hydrogen-bond acceptors (Lipinski definition) is 4. The van der Waals surface area contributed by atoms with E-state index >= 15 is 0 Å². The largest absolute Gasteiger partial charge is 0.466 e. The molecular weight excluding hydrogens is 370 g/mol. The van der Waals surface area contributed by atoms with Crippen LogP contribution in [0.15, 0.2) is 59.4 Å². The molecule has 0 radical (unpaired) electrons. The highest BCUT2D eigenvalue weighted by Crippen LogP contribution is 2.17. The van der Waals surface area contributed by atoms with Crippen LogP contribution in [0.3, 0.4) is 0 Å². The maximum Gasteiger partial charge on any atom is 0.321 e. The molecule has 3 aromatic rings. The van der Waals surface area contributed by atoms with Crippen LogP contribution in [0.25, 0.3) is 10.9 Å². The first-order valence-corrected chi connectivity index (χ1v) is 9.34. The predicted molar refractivity (Wildman–Crippen MR) is 112 cm³/mol. The summed E-state index contributed by atoms with van der Waals surface area (Å²) in [4.78, 5) is 40.3. The molecule has 0 fully saturated rings. The van der Waals surface area contributed by atoms with Crippen LogP contribution in [0.4, 0.5) is 10.5 Å². The van der Waals surface area contributed by atoms with E-state index in [1.165, 1.54) is 11.0 Å². The molecular formula is C22H23N3O4. The second-order valence-electron chi connectivity index (χ2n) is 6.67. The van der Waals surface area contributed by atoms with Crippen LogP contribution < -0.4 is 10.9 Å². The average Bonchev–Trinajstić information content (AvgIpc) is 2.69. The minimum atomic E-state index is -0.299. The van der Waals surface area contributed by atoms with Crippen molar-refractivity contribution in [2.75, 3.05) is 19.0 Å². The summed E-state index contributed by atoms with van der Waals surface area (Å²) in [7, 11) is 1.67. The first-order chi connectivity index (χ1) is 14.0. The van der Waals surface area contributed by atoms with Gasteiger partial charge in [-0.25, -0.2) is 4.79 Å². The number of fused-ring (bicyclic) bond motifs is 1. The number of H-pyrrole nitrogens is 1. The molecule has 150 valence electrons. The molecule has 0 aliphatic heterocycles. The molecule has 7 heteroatoms. The van der Waals surface area contributed by atoms with Gasteiger partial charge in [0.15, 0.2) is 0 Å². The molecule has 2 amide bonds. The number of amides is 2. The second kappa shape index (κ2) is 9.05. The normalized spacial score (nSPS) is 10.6. The van der Waals surface area contributed by atoms with Crippen molar-refractivity contribution in [1.29, 1.82) is 0 Å². The van der Waals surface area contributed by atoms with Gasteiger partial charge in [-0.3, -0.25) is 9.59 Å². The van der Waals surface area contributed by atoms with Crippen molar-refractivity contribution in [2.24, 2.45) is 0 Å². The summed E-state index contributed by atoms with van der Waals surface area (Å²) in [5.41, 5.74) is 2.73. The van der Waals surface area contributed by atoms with E-state index in [9.17, 15) is 14.4 Å². The molecule has 0 saturated carbocycles. The third-order valence-electron chi connectivity index (χ3n) is 4.45. The van der Waals surface area contributed by atoms with E-state index < -0.39 is 0 Å². The number of carbonyl (C=O) groups excluding carboxylic acids is 2. The number of urea groups is 1. The Kier molecular flexibility index (Phi) is 6.29. The van der Waals surface area contributed by atoms with Gasteiger partial charge in [-0.15, -0.1) is 0 Å². The minimum Gasteiger partial charge on any atom is -0.466 e. The zero-order valence-electron chi connectivity index (χ0n) is 16.4. The van der Waals surface area contributed by atoms with E-state index in [4.69, 9.17) is 4.74 Å². The summed E-state index contributed by atoms with van der Waals surface area (Å²) >= 11 is 0. The number of pyridine rings is 1. The number of rotatable bonds is 6. The Bertz CT molecular complexity index is 1070. The molecule has 0 aliphatic carbocycles. The summed E-state index contributed by atoms with van der Waals surface area (Å²) in [6.45, 7) is 2.40. The minimum absolute atomic E-state index is 0.192. The number of aromatic amines is 1. The number of nitrogens with zero attached hydrogens (tertiary/aromatic N) is 1. The zero-order valence-corrected chi connectivity index (χ0v) is 16.4. The van der Waals surface area contributed by atoms with Crippen LogP contribution in [-0.2, 0) is 22.5 Å². The lowest BCUT2D eigenvalue weighted by molar-refractivity contribution is -0.142. The molecule has 2 N–H and O–H groups in total. The van der Waals surface area contributed by atoms with Crippen molar-refractivity contribution >= 4 is 28.6 Å². The predicted octanol–water partition coefficient (Wildman–Crippen LogP) is 3.30. The number of ether oxygens (including phenoxy) is 1. The highest BCUT2D eigenvalue weighted by atomic mass is 16.5. The van der Waals surface area contributed by atoms with Gasteiger partial charge in [-0.2, -0.15) is 0 Å². The SMILES string of the molecule is CCOC(=O)Cc1ccc(NC(=O)N(C)Cc2cc(=O)[nH]c3ccccc23)cc1. The molecule has 2 aromatic carbocycles. The number of hydrogen-bond donors (Lipinski definition) is 2. The summed E-state index contributed by atoms with van der Waals surface area (Å²) in [5.74, 6) is -0.283. The highest BCUT2D eigenvalue weighted by molar-refractivity contribution is 5.90. The fourth-order valence-electron chi connectivity index (χ4n) is 3.04. The lowest BCUT2D eigenvalue weighted by atomic mass is 10.1. The van der Waals surface area contributed by atoms with Crippen LogP contribution in [0.5, 0.6) is 0 Å². The van der Waals surface area contributed by atoms with Crippen LogP contribution in [0.2, 0.25) is 0 Å². The molecule has 0 bridgehead atoms. The number of nitrogens with one attached hydrogen (secondary N) is 2. The quantitative estimate of drug-likeness (QED) is 0.629. The van der Waals surface area contributed by atoms with E-state index in [0.29, 0.717) is 12.3 Å². The molecule has 0 unspecified atom stereocenters. The van der Waals surface area contributed by atoms with Gasteiger partial charge in [0.2, 0.25) is 5.56 Å². The molecule has 1 heterocycles. The fourth-order valence-corrected chi connectivity index (χ4v) is 3.04. The summed E-state index contributed by atoms with van der Waals surface area (Å²) in [5, 5.41) is 3.71. The molecule has 7 nitrogen and oxygen atoms in total. The van der Waals surface area contributed by atoms with Gasteiger partial charge in [0.25, 0.3) is 0 Å². The van der Waals surface area contributed by atoms with E-state index in [-0.39, 0.29) is 30.5 Å². The first kappa shape index (κ1) is 20.1. The van der Waals surface area contributed by atoms with E-state index in [0.717, 1.165) is 22.0 Å². The number of para-hydroxylation sites is 1. The number of benzene rings is 2. The molecule has 3 rings (SSSR count). The van der Waals surface area contributed by atoms with Crippen molar-refractivity contribution < 1.29 is 14.3 Å². The smallest absolute Gasteiger partial charge is 0.321 e. The topological polar surface area (TPSA) is 91.5 Å². The molecule has 0 spiro atoms. The molecule has 0 atom stereocenters. The van der Waals surface area contributed by atoms with Gasteiger partial charge in [0.05, 0.1) is 13.0 Å². The standard InChI is InChI=1S/C22H23N3O4/c1-3-29-21(27)12-15-8-10-17(11-9-15)23-22(28)25(2)14-16-13-20(26)24-19-7-5-4-6-18(16)19/h4-11,13H,3,12,14H2,1-2H3,(H,23,28)(H,24,26). The van der Waals surface area contributed by atoms with Crippen molar-refractivity contribution in [3.8, 4) is 0 Å². The van der Waals surface area contributed by atoms with Gasteiger partial charge in [-0.1, -0.05) is 30.3 Å². The van der Waals surface area contributed by atoms with Gasteiger partial charge >= 0.3 is 12.0 Å². The summed E-state index contributed by atoms with van der Waals surface area (Å²) in [6.07, 6.45) is 0.192. The zero-order chi connectivity index (χ0) is 20.8.